The van der Waals surface area contributed by atoms with Crippen molar-refractivity contribution in [2.75, 3.05) is 20.7 Å². The maximum Gasteiger partial charge on any atom is 0.351 e. The van der Waals surface area contributed by atoms with Gasteiger partial charge in [0.15, 0.2) is 5.82 Å². The summed E-state index contributed by atoms with van der Waals surface area (Å²) >= 11 is 0. The molecule has 0 aliphatic carbocycles. The van der Waals surface area contributed by atoms with Crippen LogP contribution in [0.5, 0.6) is 0 Å². The predicted molar refractivity (Wildman–Crippen MR) is 76.5 cm³/mol. The third kappa shape index (κ3) is 3.29. The minimum absolute atomic E-state index is 0.296. The smallest absolute Gasteiger partial charge is 0.351 e. The van der Waals surface area contributed by atoms with Gasteiger partial charge in [0.25, 0.3) is 0 Å². The molecule has 2 heterocycles. The maximum atomic E-state index is 12.1. The Bertz CT molecular complexity index is 572. The molecule has 1 aromatic heterocycles. The Kier molecular flexibility index (Phi) is 4.71. The fourth-order valence-electron chi connectivity index (χ4n) is 2.20. The van der Waals surface area contributed by atoms with Crippen LogP contribution >= 0.6 is 0 Å². The molecule has 8 heteroatoms. The molecule has 0 amide bonds. The van der Waals surface area contributed by atoms with Crippen LogP contribution in [0.4, 0.5) is 5.82 Å². The second kappa shape index (κ2) is 6.33. The largest absolute Gasteiger partial charge is 0.394 e. The summed E-state index contributed by atoms with van der Waals surface area (Å²) in [5.74, 6) is -0.0207. The summed E-state index contributed by atoms with van der Waals surface area (Å²) < 4.78 is 6.82. The van der Waals surface area contributed by atoms with Gasteiger partial charge >= 0.3 is 5.69 Å². The van der Waals surface area contributed by atoms with Crippen LogP contribution in [-0.4, -0.2) is 63.9 Å². The van der Waals surface area contributed by atoms with E-state index in [4.69, 9.17) is 9.84 Å². The predicted octanol–water partition coefficient (Wildman–Crippen LogP) is -0.649. The number of rotatable bonds is 4. The average Bonchev–Trinajstić information content (AvgIpc) is 2.73. The number of nitrogens with zero attached hydrogens (tertiary/aromatic N) is 4. The van der Waals surface area contributed by atoms with Gasteiger partial charge in [-0.25, -0.2) is 9.79 Å². The van der Waals surface area contributed by atoms with Gasteiger partial charge in [-0.15, -0.1) is 0 Å². The summed E-state index contributed by atoms with van der Waals surface area (Å²) in [7, 11) is 3.63. The molecule has 2 N–H and O–H groups in total. The highest BCUT2D eigenvalue weighted by molar-refractivity contribution is 5.58. The summed E-state index contributed by atoms with van der Waals surface area (Å²) in [6, 6.07) is 1.59. The van der Waals surface area contributed by atoms with E-state index in [-0.39, 0.29) is 12.5 Å². The number of aliphatic hydroxyl groups excluding tert-OH is 2. The standard InChI is InChI=1S/C13H20N4O4/c1-8-11(19)9(6-18)21-12(8)17-5-4-10(15-13(17)20)14-7-16(2)3/h4-5,7-9,11-12,18-19H,6H2,1-3H3/t8?,9-,11-,12-/m1/s1. The average molecular weight is 296 g/mol. The van der Waals surface area contributed by atoms with E-state index in [1.807, 2.05) is 14.1 Å². The summed E-state index contributed by atoms with van der Waals surface area (Å²) in [6.07, 6.45) is 0.920. The second-order valence-electron chi connectivity index (χ2n) is 5.28. The molecule has 1 saturated heterocycles. The van der Waals surface area contributed by atoms with E-state index in [9.17, 15) is 9.90 Å². The number of aliphatic hydroxyl groups is 2. The van der Waals surface area contributed by atoms with Crippen molar-refractivity contribution in [3.63, 3.8) is 0 Å². The Morgan fingerprint density at radius 2 is 2.29 bits per heavy atom. The van der Waals surface area contributed by atoms with Crippen molar-refractivity contribution in [1.29, 1.82) is 0 Å². The van der Waals surface area contributed by atoms with Gasteiger partial charge in [0, 0.05) is 26.2 Å². The lowest BCUT2D eigenvalue weighted by molar-refractivity contribution is -0.0476. The molecule has 0 saturated carbocycles. The zero-order valence-electron chi connectivity index (χ0n) is 12.2. The first kappa shape index (κ1) is 15.6. The van der Waals surface area contributed by atoms with Gasteiger partial charge in [-0.1, -0.05) is 6.92 Å². The molecule has 116 valence electrons. The third-order valence-electron chi connectivity index (χ3n) is 3.37. The molecule has 2 rings (SSSR count). The van der Waals surface area contributed by atoms with Crippen molar-refractivity contribution >= 4 is 12.2 Å². The first-order chi connectivity index (χ1) is 9.93. The fourth-order valence-corrected chi connectivity index (χ4v) is 2.20. The van der Waals surface area contributed by atoms with E-state index in [0.717, 1.165) is 0 Å². The van der Waals surface area contributed by atoms with Crippen molar-refractivity contribution in [3.05, 3.63) is 22.7 Å². The fraction of sp³-hybridized carbons (Fsp3) is 0.615. The first-order valence-corrected chi connectivity index (χ1v) is 6.68. The van der Waals surface area contributed by atoms with Crippen LogP contribution in [0.1, 0.15) is 13.2 Å². The molecule has 1 aromatic rings. The van der Waals surface area contributed by atoms with Gasteiger partial charge in [-0.2, -0.15) is 4.98 Å². The molecule has 1 fully saturated rings. The van der Waals surface area contributed by atoms with E-state index in [0.29, 0.717) is 5.82 Å². The summed E-state index contributed by atoms with van der Waals surface area (Å²) in [5.41, 5.74) is -0.508. The van der Waals surface area contributed by atoms with Crippen molar-refractivity contribution < 1.29 is 14.9 Å². The molecule has 21 heavy (non-hydrogen) atoms. The molecule has 0 spiro atoms. The Hall–Kier alpha value is -1.77. The van der Waals surface area contributed by atoms with Crippen LogP contribution in [0.2, 0.25) is 0 Å². The monoisotopic (exact) mass is 296 g/mol. The number of ether oxygens (including phenoxy) is 1. The Balaban J connectivity index is 2.24. The molecule has 4 atom stereocenters. The quantitative estimate of drug-likeness (QED) is 0.566. The van der Waals surface area contributed by atoms with Gasteiger partial charge in [-0.05, 0) is 6.07 Å². The normalized spacial score (nSPS) is 29.2. The molecule has 0 radical (unpaired) electrons. The van der Waals surface area contributed by atoms with Crippen LogP contribution in [0, 0.1) is 5.92 Å². The van der Waals surface area contributed by atoms with E-state index in [1.165, 1.54) is 10.8 Å². The zero-order valence-corrected chi connectivity index (χ0v) is 12.2. The Labute approximate surface area is 122 Å². The van der Waals surface area contributed by atoms with Gasteiger partial charge in [-0.3, -0.25) is 4.57 Å². The third-order valence-corrected chi connectivity index (χ3v) is 3.37. The lowest BCUT2D eigenvalue weighted by Gasteiger charge is -2.17. The number of aromatic nitrogens is 2. The highest BCUT2D eigenvalue weighted by atomic mass is 16.5. The zero-order chi connectivity index (χ0) is 15.6. The lowest BCUT2D eigenvalue weighted by atomic mass is 10.0. The summed E-state index contributed by atoms with van der Waals surface area (Å²) in [4.78, 5) is 21.7. The Morgan fingerprint density at radius 1 is 1.57 bits per heavy atom. The van der Waals surface area contributed by atoms with Gasteiger partial charge in [0.2, 0.25) is 0 Å². The minimum atomic E-state index is -0.821. The molecule has 1 aliphatic rings. The van der Waals surface area contributed by atoms with E-state index >= 15 is 0 Å². The highest BCUT2D eigenvalue weighted by Crippen LogP contribution is 2.33. The maximum absolute atomic E-state index is 12.1. The second-order valence-corrected chi connectivity index (χ2v) is 5.28. The molecule has 0 bridgehead atoms. The summed E-state index contributed by atoms with van der Waals surface area (Å²) in [5, 5.41) is 19.1. The van der Waals surface area contributed by atoms with Crippen LogP contribution in [0.25, 0.3) is 0 Å². The van der Waals surface area contributed by atoms with Crippen LogP contribution in [0.3, 0.4) is 0 Å². The van der Waals surface area contributed by atoms with Crippen molar-refractivity contribution in [3.8, 4) is 0 Å². The molecular weight excluding hydrogens is 276 g/mol. The molecule has 1 unspecified atom stereocenters. The molecule has 1 aliphatic heterocycles. The Morgan fingerprint density at radius 3 is 2.81 bits per heavy atom. The molecule has 8 nitrogen and oxygen atoms in total. The number of hydrogen-bond donors (Lipinski definition) is 2. The van der Waals surface area contributed by atoms with Crippen LogP contribution < -0.4 is 5.69 Å². The number of aliphatic imine (C=N–C) groups is 1. The molecule has 0 aromatic carbocycles. The highest BCUT2D eigenvalue weighted by Gasteiger charge is 2.41. The van der Waals surface area contributed by atoms with E-state index < -0.39 is 24.1 Å². The van der Waals surface area contributed by atoms with E-state index in [1.54, 1.807) is 24.2 Å². The van der Waals surface area contributed by atoms with Gasteiger partial charge in [0.1, 0.15) is 12.3 Å². The summed E-state index contributed by atoms with van der Waals surface area (Å²) in [6.45, 7) is 1.46. The minimum Gasteiger partial charge on any atom is -0.394 e. The van der Waals surface area contributed by atoms with Gasteiger partial charge in [0.05, 0.1) is 19.0 Å². The van der Waals surface area contributed by atoms with Gasteiger partial charge < -0.3 is 19.8 Å². The number of hydrogen-bond acceptors (Lipinski definition) is 6. The van der Waals surface area contributed by atoms with Crippen molar-refractivity contribution in [2.45, 2.75) is 25.4 Å². The van der Waals surface area contributed by atoms with Crippen LogP contribution in [0.15, 0.2) is 22.1 Å². The molecular formula is C13H20N4O4. The van der Waals surface area contributed by atoms with Crippen molar-refractivity contribution in [1.82, 2.24) is 14.5 Å². The van der Waals surface area contributed by atoms with Crippen molar-refractivity contribution in [2.24, 2.45) is 10.9 Å². The first-order valence-electron chi connectivity index (χ1n) is 6.68. The SMILES string of the molecule is CC1[C@@H](O)[C@@H](CO)O[C@H]1n1ccc(N=CN(C)C)nc1=O. The van der Waals surface area contributed by atoms with Crippen LogP contribution in [-0.2, 0) is 4.74 Å². The topological polar surface area (TPSA) is 100 Å². The van der Waals surface area contributed by atoms with E-state index in [2.05, 4.69) is 9.98 Å². The lowest BCUT2D eigenvalue weighted by Crippen LogP contribution is -2.30.